The third-order valence-corrected chi connectivity index (χ3v) is 1.84. The maximum absolute atomic E-state index is 5.23. The van der Waals surface area contributed by atoms with Gasteiger partial charge in [-0.15, -0.1) is 0 Å². The molecule has 0 aliphatic carbocycles. The van der Waals surface area contributed by atoms with E-state index in [1.807, 2.05) is 30.3 Å². The monoisotopic (exact) mass is 175 g/mol. The summed E-state index contributed by atoms with van der Waals surface area (Å²) >= 11 is 0. The first-order chi connectivity index (χ1) is 5.88. The molecule has 1 nitrogen and oxygen atoms in total. The first kappa shape index (κ1) is 9.23. The largest absolute Gasteiger partial charge is 0.381 e. The van der Waals surface area contributed by atoms with Gasteiger partial charge in [-0.05, 0) is 11.1 Å². The van der Waals surface area contributed by atoms with Gasteiger partial charge in [-0.1, -0.05) is 36.9 Å². The highest BCUT2D eigenvalue weighted by atomic mass is 28.1. The molecule has 0 aromatic heterocycles. The third-order valence-electron chi connectivity index (χ3n) is 1.63. The van der Waals surface area contributed by atoms with Crippen LogP contribution in [0.4, 0.5) is 0 Å². The van der Waals surface area contributed by atoms with E-state index in [0.29, 0.717) is 12.8 Å². The minimum Gasteiger partial charge on any atom is -0.381 e. The van der Waals surface area contributed by atoms with Crippen LogP contribution in [0.3, 0.4) is 0 Å². The van der Waals surface area contributed by atoms with Crippen LogP contribution in [0.2, 0.25) is 0 Å². The lowest BCUT2D eigenvalue weighted by atomic mass is 10.1. The number of ether oxygens (including phenoxy) is 1. The number of hydrogen-bond acceptors (Lipinski definition) is 1. The molecule has 0 aliphatic heterocycles. The Bertz CT molecular complexity index is 258. The molecular weight excluding hydrogens is 164 g/mol. The van der Waals surface area contributed by atoms with Gasteiger partial charge in [0.25, 0.3) is 0 Å². The molecule has 0 fully saturated rings. The van der Waals surface area contributed by atoms with Crippen LogP contribution >= 0.6 is 0 Å². The summed E-state index contributed by atoms with van der Waals surface area (Å²) in [4.78, 5) is 0. The zero-order valence-electron chi connectivity index (χ0n) is 6.92. The summed E-state index contributed by atoms with van der Waals surface area (Å²) in [5, 5.41) is 0. The van der Waals surface area contributed by atoms with E-state index < -0.39 is 0 Å². The second-order valence-corrected chi connectivity index (χ2v) is 2.68. The quantitative estimate of drug-likeness (QED) is 0.636. The standard InChI is InChI=1S/C10H11OSi/c1-2-9-5-3-4-6-10(9)7-11-8-12/h2-6H,1,7-8H2. The van der Waals surface area contributed by atoms with Crippen molar-refractivity contribution in [3.63, 3.8) is 0 Å². The molecule has 0 saturated carbocycles. The lowest BCUT2D eigenvalue weighted by molar-refractivity contribution is 0.165. The molecular formula is C10H11OSi. The van der Waals surface area contributed by atoms with Crippen molar-refractivity contribution in [2.45, 2.75) is 6.61 Å². The molecule has 2 heteroatoms. The molecule has 61 valence electrons. The Hall–Kier alpha value is -0.863. The Morgan fingerprint density at radius 3 is 2.83 bits per heavy atom. The van der Waals surface area contributed by atoms with E-state index in [1.165, 1.54) is 5.56 Å². The van der Waals surface area contributed by atoms with Gasteiger partial charge in [-0.2, -0.15) is 0 Å². The van der Waals surface area contributed by atoms with E-state index in [0.717, 1.165) is 5.56 Å². The first-order valence-electron chi connectivity index (χ1n) is 3.81. The van der Waals surface area contributed by atoms with Gasteiger partial charge in [0.05, 0.1) is 16.8 Å². The van der Waals surface area contributed by atoms with E-state index in [2.05, 4.69) is 16.8 Å². The topological polar surface area (TPSA) is 9.23 Å². The third kappa shape index (κ3) is 2.32. The highest BCUT2D eigenvalue weighted by Gasteiger charge is 1.96. The first-order valence-corrected chi connectivity index (χ1v) is 4.52. The van der Waals surface area contributed by atoms with Crippen molar-refractivity contribution >= 4 is 16.3 Å². The van der Waals surface area contributed by atoms with E-state index in [1.54, 1.807) is 0 Å². The van der Waals surface area contributed by atoms with Gasteiger partial charge in [0.15, 0.2) is 0 Å². The second-order valence-electron chi connectivity index (χ2n) is 2.40. The zero-order chi connectivity index (χ0) is 8.81. The molecule has 0 saturated heterocycles. The maximum atomic E-state index is 5.23. The maximum Gasteiger partial charge on any atom is 0.0718 e. The molecule has 3 radical (unpaired) electrons. The average molecular weight is 175 g/mol. The Labute approximate surface area is 76.5 Å². The van der Waals surface area contributed by atoms with Gasteiger partial charge in [-0.3, -0.25) is 0 Å². The number of rotatable bonds is 4. The Morgan fingerprint density at radius 1 is 1.42 bits per heavy atom. The molecule has 1 aromatic rings. The van der Waals surface area contributed by atoms with Crippen molar-refractivity contribution < 1.29 is 4.74 Å². The lowest BCUT2D eigenvalue weighted by Crippen LogP contribution is -1.96. The Morgan fingerprint density at radius 2 is 2.17 bits per heavy atom. The Balaban J connectivity index is 2.75. The van der Waals surface area contributed by atoms with Crippen LogP contribution in [-0.2, 0) is 11.3 Å². The molecule has 12 heavy (non-hydrogen) atoms. The van der Waals surface area contributed by atoms with E-state index in [-0.39, 0.29) is 0 Å². The lowest BCUT2D eigenvalue weighted by Gasteiger charge is -2.04. The summed E-state index contributed by atoms with van der Waals surface area (Å²) < 4.78 is 5.23. The van der Waals surface area contributed by atoms with Crippen molar-refractivity contribution in [1.29, 1.82) is 0 Å². The van der Waals surface area contributed by atoms with Gasteiger partial charge >= 0.3 is 0 Å². The second kappa shape index (κ2) is 4.90. The van der Waals surface area contributed by atoms with Crippen LogP contribution in [0.25, 0.3) is 6.08 Å². The summed E-state index contributed by atoms with van der Waals surface area (Å²) in [5.74, 6) is 0. The fourth-order valence-electron chi connectivity index (χ4n) is 1.03. The molecule has 1 aromatic carbocycles. The summed E-state index contributed by atoms with van der Waals surface area (Å²) in [6.45, 7) is 4.36. The molecule has 0 atom stereocenters. The van der Waals surface area contributed by atoms with Crippen LogP contribution in [-0.4, -0.2) is 16.5 Å². The van der Waals surface area contributed by atoms with Crippen LogP contribution in [0.5, 0.6) is 0 Å². The number of hydrogen-bond donors (Lipinski definition) is 0. The van der Waals surface area contributed by atoms with Gasteiger partial charge in [0, 0.05) is 6.23 Å². The van der Waals surface area contributed by atoms with Crippen molar-refractivity contribution in [1.82, 2.24) is 0 Å². The fourth-order valence-corrected chi connectivity index (χ4v) is 1.13. The average Bonchev–Trinajstić information content (AvgIpc) is 2.15. The van der Waals surface area contributed by atoms with Gasteiger partial charge in [0.1, 0.15) is 0 Å². The molecule has 0 heterocycles. The van der Waals surface area contributed by atoms with Crippen molar-refractivity contribution in [3.05, 3.63) is 42.0 Å². The summed E-state index contributed by atoms with van der Waals surface area (Å²) in [7, 11) is 3.25. The van der Waals surface area contributed by atoms with Crippen LogP contribution in [0, 0.1) is 0 Å². The summed E-state index contributed by atoms with van der Waals surface area (Å²) in [6.07, 6.45) is 2.40. The predicted octanol–water partition coefficient (Wildman–Crippen LogP) is 1.97. The Kier molecular flexibility index (Phi) is 3.77. The van der Waals surface area contributed by atoms with Gasteiger partial charge in [-0.25, -0.2) is 0 Å². The zero-order valence-corrected chi connectivity index (χ0v) is 7.92. The minimum absolute atomic E-state index is 0.561. The van der Waals surface area contributed by atoms with Crippen LogP contribution in [0.1, 0.15) is 11.1 Å². The van der Waals surface area contributed by atoms with Crippen molar-refractivity contribution in [2.24, 2.45) is 0 Å². The fraction of sp³-hybridized carbons (Fsp3) is 0.200. The summed E-state index contributed by atoms with van der Waals surface area (Å²) in [5.41, 5.74) is 2.31. The van der Waals surface area contributed by atoms with Crippen molar-refractivity contribution in [2.75, 3.05) is 6.23 Å². The van der Waals surface area contributed by atoms with E-state index in [9.17, 15) is 0 Å². The minimum atomic E-state index is 0.561. The predicted molar refractivity (Wildman–Crippen MR) is 51.9 cm³/mol. The smallest absolute Gasteiger partial charge is 0.0718 e. The number of benzene rings is 1. The van der Waals surface area contributed by atoms with Crippen LogP contribution in [0.15, 0.2) is 30.8 Å². The van der Waals surface area contributed by atoms with E-state index in [4.69, 9.17) is 4.74 Å². The molecule has 0 unspecified atom stereocenters. The molecule has 1 rings (SSSR count). The molecule has 0 amide bonds. The highest BCUT2D eigenvalue weighted by molar-refractivity contribution is 6.08. The molecule has 0 spiro atoms. The van der Waals surface area contributed by atoms with Gasteiger partial charge in [0.2, 0.25) is 0 Å². The molecule has 0 aliphatic rings. The van der Waals surface area contributed by atoms with E-state index >= 15 is 0 Å². The van der Waals surface area contributed by atoms with Gasteiger partial charge < -0.3 is 4.74 Å². The summed E-state index contributed by atoms with van der Waals surface area (Å²) in [6, 6.07) is 8.06. The molecule has 0 N–H and O–H groups in total. The highest BCUT2D eigenvalue weighted by Crippen LogP contribution is 2.10. The normalized spacial score (nSPS) is 9.75. The van der Waals surface area contributed by atoms with Crippen LogP contribution < -0.4 is 0 Å². The van der Waals surface area contributed by atoms with Crippen molar-refractivity contribution in [3.8, 4) is 0 Å². The SMILES string of the molecule is C=Cc1ccccc1COC[Si]. The molecule has 0 bridgehead atoms.